The molecule has 0 saturated heterocycles. The van der Waals surface area contributed by atoms with Gasteiger partial charge in [-0.25, -0.2) is 9.97 Å². The lowest BCUT2D eigenvalue weighted by molar-refractivity contribution is -0.119. The molecule has 0 spiro atoms. The maximum atomic E-state index is 12.4. The van der Waals surface area contributed by atoms with Gasteiger partial charge in [-0.15, -0.1) is 0 Å². The Morgan fingerprint density at radius 2 is 1.93 bits per heavy atom. The summed E-state index contributed by atoms with van der Waals surface area (Å²) >= 11 is 1.33. The van der Waals surface area contributed by atoms with Crippen LogP contribution in [-0.2, 0) is 11.2 Å². The summed E-state index contributed by atoms with van der Waals surface area (Å²) in [5.41, 5.74) is 2.52. The van der Waals surface area contributed by atoms with Crippen molar-refractivity contribution in [2.75, 3.05) is 5.75 Å². The van der Waals surface area contributed by atoms with E-state index in [4.69, 9.17) is 0 Å². The van der Waals surface area contributed by atoms with Crippen LogP contribution in [0.5, 0.6) is 0 Å². The van der Waals surface area contributed by atoms with Crippen LogP contribution < -0.4 is 5.32 Å². The highest BCUT2D eigenvalue weighted by atomic mass is 32.2. The molecule has 5 nitrogen and oxygen atoms in total. The molecule has 0 aliphatic heterocycles. The van der Waals surface area contributed by atoms with Crippen molar-refractivity contribution in [1.29, 1.82) is 0 Å². The molecular formula is C22H27N3O2S. The number of benzene rings is 1. The van der Waals surface area contributed by atoms with Crippen LogP contribution in [0.15, 0.2) is 35.4 Å². The molecule has 1 atom stereocenters. The van der Waals surface area contributed by atoms with Crippen molar-refractivity contribution in [1.82, 2.24) is 15.3 Å². The van der Waals surface area contributed by atoms with Crippen LogP contribution in [0.1, 0.15) is 66.5 Å². The Balaban J connectivity index is 1.55. The molecule has 1 unspecified atom stereocenters. The fourth-order valence-corrected chi connectivity index (χ4v) is 4.10. The molecule has 1 aliphatic rings. The second-order valence-electron chi connectivity index (χ2n) is 7.46. The van der Waals surface area contributed by atoms with Crippen LogP contribution in [0.25, 0.3) is 0 Å². The molecule has 0 bridgehead atoms. The van der Waals surface area contributed by atoms with Crippen LogP contribution in [0.2, 0.25) is 0 Å². The number of carbonyl (C=O) groups excluding carboxylic acids is 2. The third-order valence-corrected chi connectivity index (χ3v) is 5.80. The van der Waals surface area contributed by atoms with E-state index < -0.39 is 0 Å². The van der Waals surface area contributed by atoms with Crippen molar-refractivity contribution >= 4 is 23.5 Å². The van der Waals surface area contributed by atoms with E-state index in [-0.39, 0.29) is 23.5 Å². The quantitative estimate of drug-likeness (QED) is 0.392. The number of amides is 1. The number of aromatic nitrogens is 2. The van der Waals surface area contributed by atoms with Gasteiger partial charge in [-0.1, -0.05) is 42.1 Å². The summed E-state index contributed by atoms with van der Waals surface area (Å²) in [6.45, 7) is 5.39. The summed E-state index contributed by atoms with van der Waals surface area (Å²) in [6, 6.07) is 10.4. The maximum absolute atomic E-state index is 12.4. The molecule has 6 heteroatoms. The molecule has 1 amide bonds. The summed E-state index contributed by atoms with van der Waals surface area (Å²) in [7, 11) is 0. The van der Waals surface area contributed by atoms with Gasteiger partial charge in [0.15, 0.2) is 5.78 Å². The Bertz CT molecular complexity index is 850. The summed E-state index contributed by atoms with van der Waals surface area (Å²) < 4.78 is 0. The molecule has 148 valence electrons. The minimum atomic E-state index is -0.0565. The van der Waals surface area contributed by atoms with Crippen molar-refractivity contribution in [2.45, 2.75) is 63.4 Å². The van der Waals surface area contributed by atoms with E-state index in [1.165, 1.54) is 24.2 Å². The molecule has 1 saturated carbocycles. The number of ketones is 1. The number of hydrogen-bond acceptors (Lipinski definition) is 5. The number of nitrogens with one attached hydrogen (secondary N) is 1. The van der Waals surface area contributed by atoms with Crippen molar-refractivity contribution in [3.8, 4) is 0 Å². The van der Waals surface area contributed by atoms with E-state index >= 15 is 0 Å². The summed E-state index contributed by atoms with van der Waals surface area (Å²) in [5, 5.41) is 3.68. The molecule has 1 aromatic heterocycles. The van der Waals surface area contributed by atoms with Crippen molar-refractivity contribution < 1.29 is 9.59 Å². The van der Waals surface area contributed by atoms with Gasteiger partial charge in [0.25, 0.3) is 0 Å². The number of nitrogens with zero attached hydrogens (tertiary/aromatic N) is 2. The van der Waals surface area contributed by atoms with E-state index in [1.807, 2.05) is 32.0 Å². The average molecular weight is 398 g/mol. The summed E-state index contributed by atoms with van der Waals surface area (Å²) in [5.74, 6) is 1.37. The third-order valence-electron chi connectivity index (χ3n) is 4.82. The lowest BCUT2D eigenvalue weighted by Crippen LogP contribution is -2.34. The largest absolute Gasteiger partial charge is 0.353 e. The topological polar surface area (TPSA) is 72.0 Å². The van der Waals surface area contributed by atoms with Gasteiger partial charge in [-0.2, -0.15) is 0 Å². The Morgan fingerprint density at radius 3 is 2.57 bits per heavy atom. The van der Waals surface area contributed by atoms with Gasteiger partial charge >= 0.3 is 0 Å². The predicted octanol–water partition coefficient (Wildman–Crippen LogP) is 4.09. The Hall–Kier alpha value is -2.21. The molecule has 1 aromatic carbocycles. The van der Waals surface area contributed by atoms with E-state index in [2.05, 4.69) is 27.4 Å². The number of Topliss-reactive ketones (excluding diaryl/α,β-unsaturated/α-hetero) is 1. The fraction of sp³-hybridized carbons (Fsp3) is 0.455. The van der Waals surface area contributed by atoms with E-state index in [0.29, 0.717) is 22.2 Å². The molecule has 3 rings (SSSR count). The standard InChI is InChI=1S/C22H27N3O2S/c1-14(9-10-17-7-5-4-6-8-17)23-19(27)13-28-22-20(16(3)26)15(2)24-21(25-22)18-11-12-18/h4-8,14,18H,9-13H2,1-3H3,(H,23,27). The summed E-state index contributed by atoms with van der Waals surface area (Å²) in [6.07, 6.45) is 4.02. The molecule has 0 radical (unpaired) electrons. The first-order chi connectivity index (χ1) is 13.4. The second-order valence-corrected chi connectivity index (χ2v) is 8.42. The first kappa shape index (κ1) is 20.5. The maximum Gasteiger partial charge on any atom is 0.230 e. The van der Waals surface area contributed by atoms with Crippen LogP contribution >= 0.6 is 11.8 Å². The minimum absolute atomic E-state index is 0.0377. The number of rotatable bonds is 9. The molecular weight excluding hydrogens is 370 g/mol. The van der Waals surface area contributed by atoms with E-state index in [1.54, 1.807) is 0 Å². The Kier molecular flexibility index (Phi) is 6.83. The van der Waals surface area contributed by atoms with E-state index in [0.717, 1.165) is 31.5 Å². The van der Waals surface area contributed by atoms with Gasteiger partial charge in [0.2, 0.25) is 5.91 Å². The fourth-order valence-electron chi connectivity index (χ4n) is 3.15. The zero-order valence-electron chi connectivity index (χ0n) is 16.7. The highest BCUT2D eigenvalue weighted by Crippen LogP contribution is 2.39. The van der Waals surface area contributed by atoms with Gasteiger partial charge in [0, 0.05) is 12.0 Å². The highest BCUT2D eigenvalue weighted by Gasteiger charge is 2.29. The predicted molar refractivity (Wildman–Crippen MR) is 112 cm³/mol. The van der Waals surface area contributed by atoms with Crippen LogP contribution in [0.4, 0.5) is 0 Å². The van der Waals surface area contributed by atoms with Crippen molar-refractivity contribution in [3.05, 3.63) is 53.0 Å². The number of thioether (sulfide) groups is 1. The summed E-state index contributed by atoms with van der Waals surface area (Å²) in [4.78, 5) is 33.5. The number of carbonyl (C=O) groups is 2. The number of hydrogen-bond donors (Lipinski definition) is 1. The first-order valence-corrected chi connectivity index (χ1v) is 10.8. The van der Waals surface area contributed by atoms with Gasteiger partial charge in [-0.05, 0) is 52.0 Å². The highest BCUT2D eigenvalue weighted by molar-refractivity contribution is 8.00. The lowest BCUT2D eigenvalue weighted by Gasteiger charge is -2.15. The molecule has 2 aromatic rings. The molecule has 1 heterocycles. The Labute approximate surface area is 170 Å². The SMILES string of the molecule is CC(=O)c1c(C)nc(C2CC2)nc1SCC(=O)NC(C)CCc1ccccc1. The van der Waals surface area contributed by atoms with Crippen molar-refractivity contribution in [2.24, 2.45) is 0 Å². The van der Waals surface area contributed by atoms with Crippen LogP contribution in [0.3, 0.4) is 0 Å². The average Bonchev–Trinajstić information content (AvgIpc) is 3.50. The first-order valence-electron chi connectivity index (χ1n) is 9.79. The second kappa shape index (κ2) is 9.32. The molecule has 1 N–H and O–H groups in total. The van der Waals surface area contributed by atoms with Gasteiger partial charge < -0.3 is 5.32 Å². The zero-order chi connectivity index (χ0) is 20.1. The van der Waals surface area contributed by atoms with Crippen LogP contribution in [-0.4, -0.2) is 33.5 Å². The molecule has 1 aliphatic carbocycles. The normalized spacial score (nSPS) is 14.5. The van der Waals surface area contributed by atoms with Crippen molar-refractivity contribution in [3.63, 3.8) is 0 Å². The van der Waals surface area contributed by atoms with Gasteiger partial charge in [-0.3, -0.25) is 9.59 Å². The Morgan fingerprint density at radius 1 is 1.21 bits per heavy atom. The van der Waals surface area contributed by atoms with E-state index in [9.17, 15) is 9.59 Å². The monoisotopic (exact) mass is 397 g/mol. The van der Waals surface area contributed by atoms with Crippen LogP contribution in [0, 0.1) is 6.92 Å². The third kappa shape index (κ3) is 5.64. The van der Waals surface area contributed by atoms with Gasteiger partial charge in [0.05, 0.1) is 17.0 Å². The zero-order valence-corrected chi connectivity index (χ0v) is 17.5. The number of aryl methyl sites for hydroxylation is 2. The minimum Gasteiger partial charge on any atom is -0.353 e. The smallest absolute Gasteiger partial charge is 0.230 e. The lowest BCUT2D eigenvalue weighted by atomic mass is 10.1. The molecule has 28 heavy (non-hydrogen) atoms. The van der Waals surface area contributed by atoms with Gasteiger partial charge in [0.1, 0.15) is 10.9 Å². The molecule has 1 fully saturated rings.